The Labute approximate surface area is 151 Å². The maximum Gasteiger partial charge on any atom is 0.163 e. The number of rotatable bonds is 7. The van der Waals surface area contributed by atoms with E-state index in [0.29, 0.717) is 12.0 Å². The van der Waals surface area contributed by atoms with Gasteiger partial charge in [-0.05, 0) is 49.3 Å². The fraction of sp³-hybridized carbons (Fsp3) is 0.700. The van der Waals surface area contributed by atoms with Crippen molar-refractivity contribution in [1.82, 2.24) is 0 Å². The minimum Gasteiger partial charge on any atom is -0.397 e. The highest BCUT2D eigenvalue weighted by atomic mass is 16.6. The first-order valence-electron chi connectivity index (χ1n) is 9.43. The van der Waals surface area contributed by atoms with Crippen molar-refractivity contribution >= 4 is 11.4 Å². The molecule has 140 valence electrons. The molecule has 0 aromatic heterocycles. The zero-order valence-corrected chi connectivity index (χ0v) is 15.7. The first kappa shape index (κ1) is 18.5. The molecular weight excluding hydrogens is 316 g/mol. The van der Waals surface area contributed by atoms with Crippen LogP contribution >= 0.6 is 0 Å². The van der Waals surface area contributed by atoms with Crippen LogP contribution in [-0.4, -0.2) is 44.3 Å². The van der Waals surface area contributed by atoms with E-state index in [1.54, 1.807) is 7.11 Å². The summed E-state index contributed by atoms with van der Waals surface area (Å²) in [6.07, 6.45) is 3.20. The molecule has 1 saturated carbocycles. The van der Waals surface area contributed by atoms with Crippen molar-refractivity contribution in [3.05, 3.63) is 23.8 Å². The summed E-state index contributed by atoms with van der Waals surface area (Å²) in [5.41, 5.74) is 9.18. The maximum absolute atomic E-state index is 10.2. The standard InChI is InChI=1S/C20H32N2O3/c1-14(2)13-22(16-6-10-25-11-7-16)18-5-4-15(12-17(18)21)20(8-9-20)19(23)24-3/h4-5,12,14,16,19,23H,6-11,13,21H2,1-3H3. The minimum absolute atomic E-state index is 0.275. The van der Waals surface area contributed by atoms with E-state index in [1.807, 2.05) is 6.07 Å². The van der Waals surface area contributed by atoms with Crippen LogP contribution < -0.4 is 10.6 Å². The van der Waals surface area contributed by atoms with E-state index in [1.165, 1.54) is 0 Å². The summed E-state index contributed by atoms with van der Waals surface area (Å²) in [6.45, 7) is 7.11. The minimum atomic E-state index is -0.764. The van der Waals surface area contributed by atoms with Crippen molar-refractivity contribution in [2.24, 2.45) is 5.92 Å². The van der Waals surface area contributed by atoms with Crippen LogP contribution in [0.4, 0.5) is 11.4 Å². The number of benzene rings is 1. The van der Waals surface area contributed by atoms with Crippen LogP contribution in [0, 0.1) is 5.92 Å². The quantitative estimate of drug-likeness (QED) is 0.586. The van der Waals surface area contributed by atoms with Crippen LogP contribution in [-0.2, 0) is 14.9 Å². The number of aliphatic hydroxyl groups excluding tert-OH is 1. The number of anilines is 2. The van der Waals surface area contributed by atoms with Crippen LogP contribution in [0.3, 0.4) is 0 Å². The molecule has 2 aliphatic rings. The van der Waals surface area contributed by atoms with Gasteiger partial charge in [0, 0.05) is 38.3 Å². The van der Waals surface area contributed by atoms with Gasteiger partial charge in [-0.1, -0.05) is 19.9 Å². The van der Waals surface area contributed by atoms with Gasteiger partial charge in [-0.3, -0.25) is 0 Å². The van der Waals surface area contributed by atoms with Gasteiger partial charge in [0.05, 0.1) is 11.4 Å². The number of nitrogens with zero attached hydrogens (tertiary/aromatic N) is 1. The van der Waals surface area contributed by atoms with Gasteiger partial charge in [0.15, 0.2) is 6.29 Å². The van der Waals surface area contributed by atoms with Crippen LogP contribution in [0.25, 0.3) is 0 Å². The second-order valence-electron chi connectivity index (χ2n) is 7.91. The molecule has 0 amide bonds. The van der Waals surface area contributed by atoms with Gasteiger partial charge in [0.25, 0.3) is 0 Å². The van der Waals surface area contributed by atoms with Gasteiger partial charge < -0.3 is 25.2 Å². The summed E-state index contributed by atoms with van der Waals surface area (Å²) in [7, 11) is 1.55. The third-order valence-corrected chi connectivity index (χ3v) is 5.59. The summed E-state index contributed by atoms with van der Waals surface area (Å²) in [5.74, 6) is 0.562. The van der Waals surface area contributed by atoms with Crippen molar-refractivity contribution in [2.75, 3.05) is 37.5 Å². The lowest BCUT2D eigenvalue weighted by molar-refractivity contribution is -0.0997. The predicted molar refractivity (Wildman–Crippen MR) is 101 cm³/mol. The number of aliphatic hydroxyl groups is 1. The molecule has 1 unspecified atom stereocenters. The highest BCUT2D eigenvalue weighted by Gasteiger charge is 2.51. The molecule has 1 aromatic carbocycles. The molecule has 2 fully saturated rings. The normalized spacial score (nSPS) is 21.3. The molecular formula is C20H32N2O3. The molecule has 5 nitrogen and oxygen atoms in total. The lowest BCUT2D eigenvalue weighted by atomic mass is 9.93. The zero-order chi connectivity index (χ0) is 18.0. The summed E-state index contributed by atoms with van der Waals surface area (Å²) >= 11 is 0. The summed E-state index contributed by atoms with van der Waals surface area (Å²) in [6, 6.07) is 6.76. The van der Waals surface area contributed by atoms with Gasteiger partial charge >= 0.3 is 0 Å². The Morgan fingerprint density at radius 3 is 2.52 bits per heavy atom. The molecule has 3 N–H and O–H groups in total. The number of nitrogens with two attached hydrogens (primary N) is 1. The second kappa shape index (κ2) is 7.52. The molecule has 0 spiro atoms. The number of hydrogen-bond acceptors (Lipinski definition) is 5. The largest absolute Gasteiger partial charge is 0.397 e. The first-order valence-corrected chi connectivity index (χ1v) is 9.43. The predicted octanol–water partition coefficient (Wildman–Crippen LogP) is 2.91. The summed E-state index contributed by atoms with van der Waals surface area (Å²) in [4.78, 5) is 2.46. The smallest absolute Gasteiger partial charge is 0.163 e. The Morgan fingerprint density at radius 2 is 2.00 bits per heavy atom. The zero-order valence-electron chi connectivity index (χ0n) is 15.7. The van der Waals surface area contributed by atoms with E-state index >= 15 is 0 Å². The summed E-state index contributed by atoms with van der Waals surface area (Å²) < 4.78 is 10.7. The van der Waals surface area contributed by atoms with E-state index in [9.17, 15) is 5.11 Å². The fourth-order valence-electron chi connectivity index (χ4n) is 4.00. The molecule has 5 heteroatoms. The van der Waals surface area contributed by atoms with Gasteiger partial charge in [-0.2, -0.15) is 0 Å². The topological polar surface area (TPSA) is 68.0 Å². The average molecular weight is 348 g/mol. The van der Waals surface area contributed by atoms with Gasteiger partial charge in [-0.25, -0.2) is 0 Å². The molecule has 25 heavy (non-hydrogen) atoms. The molecule has 1 aromatic rings. The van der Waals surface area contributed by atoms with Crippen LogP contribution in [0.1, 0.15) is 45.1 Å². The first-order chi connectivity index (χ1) is 12.0. The van der Waals surface area contributed by atoms with Crippen molar-refractivity contribution in [3.63, 3.8) is 0 Å². The second-order valence-corrected chi connectivity index (χ2v) is 7.91. The van der Waals surface area contributed by atoms with E-state index in [4.69, 9.17) is 15.2 Å². The molecule has 0 radical (unpaired) electrons. The van der Waals surface area contributed by atoms with Crippen LogP contribution in [0.15, 0.2) is 18.2 Å². The van der Waals surface area contributed by atoms with Crippen molar-refractivity contribution in [2.45, 2.75) is 57.3 Å². The monoisotopic (exact) mass is 348 g/mol. The number of ether oxygens (including phenoxy) is 2. The van der Waals surface area contributed by atoms with Gasteiger partial charge in [0.1, 0.15) is 0 Å². The van der Waals surface area contributed by atoms with Crippen LogP contribution in [0.2, 0.25) is 0 Å². The van der Waals surface area contributed by atoms with E-state index in [-0.39, 0.29) is 5.41 Å². The Balaban J connectivity index is 1.87. The molecule has 1 atom stereocenters. The Bertz CT molecular complexity index is 580. The van der Waals surface area contributed by atoms with Crippen molar-refractivity contribution in [3.8, 4) is 0 Å². The molecule has 1 aliphatic heterocycles. The highest BCUT2D eigenvalue weighted by Crippen LogP contribution is 2.52. The average Bonchev–Trinajstić information content (AvgIpc) is 3.42. The van der Waals surface area contributed by atoms with E-state index < -0.39 is 6.29 Å². The van der Waals surface area contributed by atoms with Crippen molar-refractivity contribution in [1.29, 1.82) is 0 Å². The maximum atomic E-state index is 10.2. The Hall–Kier alpha value is -1.30. The Kier molecular flexibility index (Phi) is 5.56. The molecule has 3 rings (SSSR count). The van der Waals surface area contributed by atoms with Crippen molar-refractivity contribution < 1.29 is 14.6 Å². The molecule has 1 saturated heterocycles. The third-order valence-electron chi connectivity index (χ3n) is 5.59. The van der Waals surface area contributed by atoms with Gasteiger partial charge in [0.2, 0.25) is 0 Å². The molecule has 0 bridgehead atoms. The Morgan fingerprint density at radius 1 is 1.32 bits per heavy atom. The van der Waals surface area contributed by atoms with E-state index in [0.717, 1.165) is 62.4 Å². The van der Waals surface area contributed by atoms with E-state index in [2.05, 4.69) is 30.9 Å². The lowest BCUT2D eigenvalue weighted by Crippen LogP contribution is -2.42. The lowest BCUT2D eigenvalue weighted by Gasteiger charge is -2.38. The molecule has 1 heterocycles. The van der Waals surface area contributed by atoms with Crippen LogP contribution in [0.5, 0.6) is 0 Å². The van der Waals surface area contributed by atoms with Gasteiger partial charge in [-0.15, -0.1) is 0 Å². The summed E-state index contributed by atoms with van der Waals surface area (Å²) in [5, 5.41) is 10.2. The number of methoxy groups -OCH3 is 1. The fourth-order valence-corrected chi connectivity index (χ4v) is 4.00. The molecule has 1 aliphatic carbocycles. The number of hydrogen-bond donors (Lipinski definition) is 2. The third kappa shape index (κ3) is 3.78. The SMILES string of the molecule is COC(O)C1(c2ccc(N(CC(C)C)C3CCOCC3)c(N)c2)CC1. The highest BCUT2D eigenvalue weighted by molar-refractivity contribution is 5.70. The number of nitrogen functional groups attached to an aromatic ring is 1.